The van der Waals surface area contributed by atoms with Gasteiger partial charge < -0.3 is 16.0 Å². The summed E-state index contributed by atoms with van der Waals surface area (Å²) in [5.74, 6) is 0. The Morgan fingerprint density at radius 3 is 1.36 bits per heavy atom. The first-order chi connectivity index (χ1) is 11.7. The molecule has 146 valence electrons. The molecule has 1 rings (SSSR count). The maximum absolute atomic E-state index is 3.97. The predicted molar refractivity (Wildman–Crippen MR) is 113 cm³/mol. The number of hydrogen-bond acceptors (Lipinski definition) is 0. The third-order valence-electron chi connectivity index (χ3n) is 2.91. The monoisotopic (exact) mass is 385 g/mol. The molecule has 0 aromatic rings. The van der Waals surface area contributed by atoms with Crippen molar-refractivity contribution in [3.8, 4) is 0 Å². The van der Waals surface area contributed by atoms with Gasteiger partial charge in [-0.15, -0.1) is 6.42 Å². The van der Waals surface area contributed by atoms with Gasteiger partial charge in [-0.3, -0.25) is 6.08 Å². The van der Waals surface area contributed by atoms with Gasteiger partial charge in [0.1, 0.15) is 0 Å². The number of unbranched alkanes of at least 4 members (excludes halogenated alkanes) is 1. The molecule has 1 aliphatic carbocycles. The summed E-state index contributed by atoms with van der Waals surface area (Å²) in [5, 5.41) is 11.9. The molecule has 0 amide bonds. The van der Waals surface area contributed by atoms with Crippen molar-refractivity contribution in [1.82, 2.24) is 0 Å². The minimum Gasteiger partial charge on any atom is -0.663 e. The first-order valence-electron chi connectivity index (χ1n) is 9.83. The second kappa shape index (κ2) is 35.2. The molecule has 0 aromatic heterocycles. The van der Waals surface area contributed by atoms with Crippen molar-refractivity contribution in [1.29, 1.82) is 0 Å². The van der Waals surface area contributed by atoms with E-state index in [-0.39, 0.29) is 21.7 Å². The van der Waals surface area contributed by atoms with Gasteiger partial charge in [0, 0.05) is 0 Å². The summed E-state index contributed by atoms with van der Waals surface area (Å²) < 4.78 is 0. The molecule has 0 saturated carbocycles. The minimum atomic E-state index is 0. The first kappa shape index (κ1) is 32.7. The van der Waals surface area contributed by atoms with E-state index in [0.717, 1.165) is 45.7 Å². The first-order valence-corrected chi connectivity index (χ1v) is 9.83. The molecule has 3 nitrogen and oxygen atoms in total. The van der Waals surface area contributed by atoms with Crippen LogP contribution in [0.1, 0.15) is 74.1 Å². The summed E-state index contributed by atoms with van der Waals surface area (Å²) in [6, 6.07) is 0. The van der Waals surface area contributed by atoms with Crippen LogP contribution in [-0.4, -0.2) is 39.3 Å². The molecule has 0 unspecified atom stereocenters. The Kier molecular flexibility index (Phi) is 46.1. The van der Waals surface area contributed by atoms with Gasteiger partial charge in [-0.05, 0) is 0 Å². The fourth-order valence-corrected chi connectivity index (χ4v) is 1.66. The van der Waals surface area contributed by atoms with Crippen LogP contribution in [-0.2, 0) is 21.7 Å². The Morgan fingerprint density at radius 2 is 1.16 bits per heavy atom. The second-order valence-corrected chi connectivity index (χ2v) is 4.98. The quantitative estimate of drug-likeness (QED) is 0.301. The Morgan fingerprint density at radius 1 is 0.760 bits per heavy atom. The molecule has 0 spiro atoms. The van der Waals surface area contributed by atoms with Crippen LogP contribution in [0.2, 0.25) is 0 Å². The number of hydrogen-bond donors (Lipinski definition) is 0. The topological polar surface area (TPSA) is 42.3 Å². The molecule has 0 fully saturated rings. The Hall–Kier alpha value is 0.0743. The van der Waals surface area contributed by atoms with Gasteiger partial charge in [-0.2, -0.15) is 45.3 Å². The van der Waals surface area contributed by atoms with Gasteiger partial charge in [0.05, 0.1) is 0 Å². The maximum Gasteiger partial charge on any atom is 4.00 e. The van der Waals surface area contributed by atoms with Gasteiger partial charge in [-0.1, -0.05) is 67.7 Å². The van der Waals surface area contributed by atoms with Crippen LogP contribution in [0.5, 0.6) is 0 Å². The molecule has 0 radical (unpaired) electrons. The molecular formula is C21H43N3Ti. The molecule has 0 bridgehead atoms. The SMILES string of the molecule is CCCCC1=[C-]CC=C1.CC[N-]CC.CC[N-]CC.CC[N-]CC.[Ti+4]. The predicted octanol–water partition coefficient (Wildman–Crippen LogP) is 7.06. The third-order valence-corrected chi connectivity index (χ3v) is 2.91. The van der Waals surface area contributed by atoms with Gasteiger partial charge in [-0.25, -0.2) is 11.6 Å². The van der Waals surface area contributed by atoms with E-state index in [1.807, 2.05) is 41.5 Å². The Balaban J connectivity index is -0.000000122. The van der Waals surface area contributed by atoms with Crippen molar-refractivity contribution in [3.05, 3.63) is 39.8 Å². The minimum absolute atomic E-state index is 0. The molecule has 0 saturated heterocycles. The average Bonchev–Trinajstić information content (AvgIpc) is 3.10. The summed E-state index contributed by atoms with van der Waals surface area (Å²) >= 11 is 0. The molecule has 0 N–H and O–H groups in total. The van der Waals surface area contributed by atoms with Crippen LogP contribution in [0.3, 0.4) is 0 Å². The van der Waals surface area contributed by atoms with Crippen LogP contribution in [0.4, 0.5) is 0 Å². The fraction of sp³-hybridized carbons (Fsp3) is 0.810. The second-order valence-electron chi connectivity index (χ2n) is 4.98. The molecule has 0 heterocycles. The zero-order chi connectivity index (χ0) is 18.9. The Bertz CT molecular complexity index is 233. The van der Waals surface area contributed by atoms with Gasteiger partial charge in [0.15, 0.2) is 0 Å². The van der Waals surface area contributed by atoms with E-state index in [1.165, 1.54) is 24.8 Å². The average molecular weight is 385 g/mol. The van der Waals surface area contributed by atoms with E-state index in [4.69, 9.17) is 0 Å². The summed E-state index contributed by atoms with van der Waals surface area (Å²) in [4.78, 5) is 0. The summed E-state index contributed by atoms with van der Waals surface area (Å²) in [6.07, 6.45) is 12.5. The smallest absolute Gasteiger partial charge is 0.663 e. The van der Waals surface area contributed by atoms with E-state index in [1.54, 1.807) is 0 Å². The van der Waals surface area contributed by atoms with Gasteiger partial charge in [0.25, 0.3) is 0 Å². The van der Waals surface area contributed by atoms with Crippen molar-refractivity contribution < 1.29 is 21.7 Å². The fourth-order valence-electron chi connectivity index (χ4n) is 1.66. The molecule has 25 heavy (non-hydrogen) atoms. The summed E-state index contributed by atoms with van der Waals surface area (Å²) in [6.45, 7) is 20.3. The van der Waals surface area contributed by atoms with Gasteiger partial charge in [0.2, 0.25) is 0 Å². The van der Waals surface area contributed by atoms with E-state index >= 15 is 0 Å². The van der Waals surface area contributed by atoms with Gasteiger partial charge >= 0.3 is 21.7 Å². The van der Waals surface area contributed by atoms with Crippen LogP contribution in [0.25, 0.3) is 16.0 Å². The van der Waals surface area contributed by atoms with E-state index in [0.29, 0.717) is 0 Å². The van der Waals surface area contributed by atoms with Crippen molar-refractivity contribution in [2.75, 3.05) is 39.3 Å². The normalized spacial score (nSPS) is 10.9. The Labute approximate surface area is 174 Å². The zero-order valence-electron chi connectivity index (χ0n) is 18.1. The van der Waals surface area contributed by atoms with Crippen LogP contribution in [0.15, 0.2) is 17.7 Å². The largest absolute Gasteiger partial charge is 4.00 e. The summed E-state index contributed by atoms with van der Waals surface area (Å²) in [5.41, 5.74) is 1.41. The molecule has 0 aliphatic heterocycles. The number of nitrogens with zero attached hydrogens (tertiary/aromatic N) is 3. The van der Waals surface area contributed by atoms with Crippen molar-refractivity contribution in [2.24, 2.45) is 0 Å². The summed E-state index contributed by atoms with van der Waals surface area (Å²) in [7, 11) is 0. The number of allylic oxidation sites excluding steroid dienone is 4. The van der Waals surface area contributed by atoms with E-state index in [9.17, 15) is 0 Å². The number of rotatable bonds is 9. The van der Waals surface area contributed by atoms with E-state index < -0.39 is 0 Å². The standard InChI is InChI=1S/C9H13.3C4H10N.Ti/c1-2-3-6-9-7-4-5-8-9;3*1-3-5-4-2;/h4,7H,2-3,5-6H2,1H3;3*3-4H2,1-2H3;/q4*-1;+4. The van der Waals surface area contributed by atoms with Crippen molar-refractivity contribution in [3.63, 3.8) is 0 Å². The van der Waals surface area contributed by atoms with Crippen molar-refractivity contribution in [2.45, 2.75) is 74.1 Å². The van der Waals surface area contributed by atoms with Crippen LogP contribution in [0, 0.1) is 6.08 Å². The maximum atomic E-state index is 3.97. The molecule has 4 heteroatoms. The van der Waals surface area contributed by atoms with Crippen LogP contribution < -0.4 is 0 Å². The molecular weight excluding hydrogens is 342 g/mol. The third kappa shape index (κ3) is 40.2. The van der Waals surface area contributed by atoms with Crippen LogP contribution >= 0.6 is 0 Å². The molecule has 1 aliphatic rings. The van der Waals surface area contributed by atoms with Crippen molar-refractivity contribution >= 4 is 0 Å². The molecule has 0 atom stereocenters. The molecule has 0 aromatic carbocycles. The van der Waals surface area contributed by atoms with E-state index in [2.05, 4.69) is 41.1 Å². The zero-order valence-corrected chi connectivity index (χ0v) is 19.6.